The predicted molar refractivity (Wildman–Crippen MR) is 68.2 cm³/mol. The first-order valence-electron chi connectivity index (χ1n) is 4.33. The highest BCUT2D eigenvalue weighted by Crippen LogP contribution is 2.19. The SMILES string of the molecule is C[Si](C)(C)OCC#Cc1cscc1Br. The lowest BCUT2D eigenvalue weighted by Gasteiger charge is -2.13. The fraction of sp³-hybridized carbons (Fsp3) is 0.400. The molecule has 0 aliphatic heterocycles. The molecule has 1 nitrogen and oxygen atoms in total. The van der Waals surface area contributed by atoms with E-state index in [9.17, 15) is 0 Å². The molecule has 0 bridgehead atoms. The molecule has 0 aliphatic rings. The predicted octanol–water partition coefficient (Wildman–Crippen LogP) is 3.71. The monoisotopic (exact) mass is 288 g/mol. The lowest BCUT2D eigenvalue weighted by Crippen LogP contribution is -2.25. The molecule has 76 valence electrons. The molecule has 0 saturated heterocycles. The number of thiophene rings is 1. The van der Waals surface area contributed by atoms with Gasteiger partial charge in [0.05, 0.1) is 6.61 Å². The molecular formula is C10H13BrOSSi. The van der Waals surface area contributed by atoms with Crippen LogP contribution < -0.4 is 0 Å². The molecule has 0 amide bonds. The molecule has 0 N–H and O–H groups in total. The minimum absolute atomic E-state index is 0.540. The topological polar surface area (TPSA) is 9.23 Å². The summed E-state index contributed by atoms with van der Waals surface area (Å²) in [5, 5.41) is 4.06. The minimum Gasteiger partial charge on any atom is -0.407 e. The van der Waals surface area contributed by atoms with Crippen LogP contribution in [0, 0.1) is 11.8 Å². The summed E-state index contributed by atoms with van der Waals surface area (Å²) in [4.78, 5) is 0. The normalized spacial score (nSPS) is 10.9. The zero-order valence-corrected chi connectivity index (χ0v) is 12.0. The van der Waals surface area contributed by atoms with E-state index in [4.69, 9.17) is 4.43 Å². The average molecular weight is 289 g/mol. The van der Waals surface area contributed by atoms with Crippen molar-refractivity contribution in [2.45, 2.75) is 19.6 Å². The Kier molecular flexibility index (Phi) is 4.39. The molecule has 1 rings (SSSR count). The number of rotatable bonds is 2. The second-order valence-electron chi connectivity index (χ2n) is 3.84. The average Bonchev–Trinajstić information content (AvgIpc) is 2.44. The standard InChI is InChI=1S/C10H13BrOSSi/c1-14(2,3)12-6-4-5-9-7-13-8-10(9)11/h7-8H,6H2,1-3H3. The summed E-state index contributed by atoms with van der Waals surface area (Å²) < 4.78 is 6.69. The van der Waals surface area contributed by atoms with Crippen LogP contribution in [0.5, 0.6) is 0 Å². The second-order valence-corrected chi connectivity index (χ2v) is 9.95. The van der Waals surface area contributed by atoms with Gasteiger partial charge in [-0.15, -0.1) is 11.3 Å². The van der Waals surface area contributed by atoms with Crippen molar-refractivity contribution in [1.82, 2.24) is 0 Å². The summed E-state index contributed by atoms with van der Waals surface area (Å²) in [6, 6.07) is 0. The summed E-state index contributed by atoms with van der Waals surface area (Å²) in [7, 11) is -1.40. The van der Waals surface area contributed by atoms with Gasteiger partial charge < -0.3 is 4.43 Å². The van der Waals surface area contributed by atoms with Gasteiger partial charge in [0.1, 0.15) is 0 Å². The van der Waals surface area contributed by atoms with Gasteiger partial charge >= 0.3 is 0 Å². The van der Waals surface area contributed by atoms with Gasteiger partial charge in [0, 0.05) is 20.8 Å². The third kappa shape index (κ3) is 4.42. The van der Waals surface area contributed by atoms with Crippen LogP contribution in [0.1, 0.15) is 5.56 Å². The lowest BCUT2D eigenvalue weighted by atomic mass is 10.3. The Morgan fingerprint density at radius 1 is 1.43 bits per heavy atom. The van der Waals surface area contributed by atoms with Gasteiger partial charge in [-0.25, -0.2) is 0 Å². The van der Waals surface area contributed by atoms with Crippen molar-refractivity contribution >= 4 is 35.6 Å². The van der Waals surface area contributed by atoms with Crippen LogP contribution in [0.4, 0.5) is 0 Å². The van der Waals surface area contributed by atoms with Crippen molar-refractivity contribution < 1.29 is 4.43 Å². The van der Waals surface area contributed by atoms with Crippen molar-refractivity contribution in [2.24, 2.45) is 0 Å². The van der Waals surface area contributed by atoms with Crippen LogP contribution >= 0.6 is 27.3 Å². The molecule has 0 aliphatic carbocycles. The van der Waals surface area contributed by atoms with E-state index in [2.05, 4.69) is 47.4 Å². The summed E-state index contributed by atoms with van der Waals surface area (Å²) >= 11 is 5.08. The van der Waals surface area contributed by atoms with E-state index in [0.717, 1.165) is 10.0 Å². The molecule has 0 fully saturated rings. The van der Waals surface area contributed by atoms with E-state index in [0.29, 0.717) is 6.61 Å². The van der Waals surface area contributed by atoms with Gasteiger partial charge in [0.25, 0.3) is 0 Å². The highest BCUT2D eigenvalue weighted by molar-refractivity contribution is 9.10. The summed E-state index contributed by atoms with van der Waals surface area (Å²) in [6.45, 7) is 7.03. The van der Waals surface area contributed by atoms with E-state index in [1.54, 1.807) is 11.3 Å². The van der Waals surface area contributed by atoms with Crippen molar-refractivity contribution in [3.63, 3.8) is 0 Å². The van der Waals surface area contributed by atoms with Gasteiger partial charge in [-0.3, -0.25) is 0 Å². The van der Waals surface area contributed by atoms with Crippen LogP contribution in [0.2, 0.25) is 19.6 Å². The number of hydrogen-bond acceptors (Lipinski definition) is 2. The Morgan fingerprint density at radius 3 is 2.64 bits per heavy atom. The highest BCUT2D eigenvalue weighted by atomic mass is 79.9. The first-order valence-corrected chi connectivity index (χ1v) is 9.48. The fourth-order valence-electron chi connectivity index (χ4n) is 0.755. The summed E-state index contributed by atoms with van der Waals surface area (Å²) in [5.41, 5.74) is 1.05. The molecule has 0 unspecified atom stereocenters. The number of halogens is 1. The van der Waals surface area contributed by atoms with Crippen molar-refractivity contribution in [1.29, 1.82) is 0 Å². The zero-order valence-electron chi connectivity index (χ0n) is 8.56. The van der Waals surface area contributed by atoms with Gasteiger partial charge in [0.15, 0.2) is 8.32 Å². The maximum atomic E-state index is 5.62. The third-order valence-corrected chi connectivity index (χ3v) is 4.13. The van der Waals surface area contributed by atoms with Gasteiger partial charge in [-0.1, -0.05) is 11.8 Å². The second kappa shape index (κ2) is 5.13. The van der Waals surface area contributed by atoms with E-state index in [1.165, 1.54) is 0 Å². The first kappa shape index (κ1) is 12.0. The van der Waals surface area contributed by atoms with Crippen LogP contribution in [-0.4, -0.2) is 14.9 Å². The fourth-order valence-corrected chi connectivity index (χ4v) is 2.59. The Labute approximate surface area is 98.7 Å². The molecule has 1 aromatic rings. The molecule has 4 heteroatoms. The van der Waals surface area contributed by atoms with Crippen LogP contribution in [0.15, 0.2) is 15.2 Å². The van der Waals surface area contributed by atoms with Crippen LogP contribution in [0.3, 0.4) is 0 Å². The molecule has 0 saturated carbocycles. The Bertz CT molecular complexity index is 356. The van der Waals surface area contributed by atoms with Gasteiger partial charge in [-0.2, -0.15) is 0 Å². The molecule has 0 aromatic carbocycles. The van der Waals surface area contributed by atoms with Crippen LogP contribution in [0.25, 0.3) is 0 Å². The third-order valence-electron chi connectivity index (χ3n) is 1.42. The Balaban J connectivity index is 2.46. The molecule has 0 atom stereocenters. The Morgan fingerprint density at radius 2 is 2.14 bits per heavy atom. The molecule has 0 spiro atoms. The van der Waals surface area contributed by atoms with E-state index < -0.39 is 8.32 Å². The Hall–Kier alpha value is -0.0831. The lowest BCUT2D eigenvalue weighted by molar-refractivity contribution is 0.365. The molecule has 1 aromatic heterocycles. The van der Waals surface area contributed by atoms with E-state index in [-0.39, 0.29) is 0 Å². The highest BCUT2D eigenvalue weighted by Gasteiger charge is 2.12. The smallest absolute Gasteiger partial charge is 0.185 e. The molecule has 1 heterocycles. The largest absolute Gasteiger partial charge is 0.407 e. The summed E-state index contributed by atoms with van der Waals surface area (Å²) in [5.74, 6) is 6.10. The van der Waals surface area contributed by atoms with Crippen molar-refractivity contribution in [2.75, 3.05) is 6.61 Å². The number of hydrogen-bond donors (Lipinski definition) is 0. The van der Waals surface area contributed by atoms with Gasteiger partial charge in [0.2, 0.25) is 0 Å². The van der Waals surface area contributed by atoms with Crippen LogP contribution in [-0.2, 0) is 4.43 Å². The zero-order chi connectivity index (χ0) is 10.6. The summed E-state index contributed by atoms with van der Waals surface area (Å²) in [6.07, 6.45) is 0. The van der Waals surface area contributed by atoms with Crippen molar-refractivity contribution in [3.05, 3.63) is 20.8 Å². The maximum Gasteiger partial charge on any atom is 0.185 e. The maximum absolute atomic E-state index is 5.62. The minimum atomic E-state index is -1.40. The molecule has 0 radical (unpaired) electrons. The molecular weight excluding hydrogens is 276 g/mol. The van der Waals surface area contributed by atoms with E-state index in [1.807, 2.05) is 10.8 Å². The first-order chi connectivity index (χ1) is 6.49. The van der Waals surface area contributed by atoms with E-state index >= 15 is 0 Å². The van der Waals surface area contributed by atoms with Gasteiger partial charge in [-0.05, 0) is 35.6 Å². The molecule has 14 heavy (non-hydrogen) atoms. The van der Waals surface area contributed by atoms with Crippen molar-refractivity contribution in [3.8, 4) is 11.8 Å². The quantitative estimate of drug-likeness (QED) is 0.595.